The number of rotatable bonds is 4. The predicted molar refractivity (Wildman–Crippen MR) is 97.7 cm³/mol. The molecule has 6 nitrogen and oxygen atoms in total. The smallest absolute Gasteiger partial charge is 0.286 e. The summed E-state index contributed by atoms with van der Waals surface area (Å²) >= 11 is 1.25. The fourth-order valence-electron chi connectivity index (χ4n) is 2.95. The molecule has 8 heteroatoms. The lowest BCUT2D eigenvalue weighted by molar-refractivity contribution is -0.135. The number of halogens is 1. The summed E-state index contributed by atoms with van der Waals surface area (Å²) in [5.74, 6) is -0.504. The van der Waals surface area contributed by atoms with Crippen LogP contribution < -0.4 is 5.32 Å². The molecule has 26 heavy (non-hydrogen) atoms. The van der Waals surface area contributed by atoms with Gasteiger partial charge in [-0.15, -0.1) is 10.2 Å². The van der Waals surface area contributed by atoms with E-state index in [1.807, 2.05) is 18.7 Å². The number of carbonyl (C=O) groups excluding carboxylic acids is 2. The van der Waals surface area contributed by atoms with Crippen molar-refractivity contribution in [3.05, 3.63) is 40.1 Å². The number of hydrogen-bond acceptors (Lipinski definition) is 5. The van der Waals surface area contributed by atoms with Crippen LogP contribution in [0.4, 0.5) is 10.1 Å². The van der Waals surface area contributed by atoms with Crippen LogP contribution in [0.2, 0.25) is 0 Å². The molecule has 2 amide bonds. The van der Waals surface area contributed by atoms with Crippen molar-refractivity contribution in [3.63, 3.8) is 0 Å². The highest BCUT2D eigenvalue weighted by molar-refractivity contribution is 7.13. The Labute approximate surface area is 155 Å². The first-order valence-corrected chi connectivity index (χ1v) is 9.45. The molecule has 1 fully saturated rings. The van der Waals surface area contributed by atoms with E-state index in [1.165, 1.54) is 35.6 Å². The molecule has 3 rings (SSSR count). The summed E-state index contributed by atoms with van der Waals surface area (Å²) in [5, 5.41) is 11.9. The Morgan fingerprint density at radius 1 is 1.27 bits per heavy atom. The molecular formula is C18H21FN4O2S. The number of aromatic nitrogens is 2. The van der Waals surface area contributed by atoms with Crippen molar-refractivity contribution in [2.75, 3.05) is 18.4 Å². The molecule has 0 spiro atoms. The van der Waals surface area contributed by atoms with Gasteiger partial charge in [0.05, 0.1) is 0 Å². The highest BCUT2D eigenvalue weighted by atomic mass is 32.1. The van der Waals surface area contributed by atoms with Crippen LogP contribution in [0.15, 0.2) is 24.3 Å². The fourth-order valence-corrected chi connectivity index (χ4v) is 3.82. The van der Waals surface area contributed by atoms with Crippen LogP contribution in [0, 0.1) is 11.7 Å². The standard InChI is InChI=1S/C18H21FN4O2S/c1-11(2)18(25)23-9-3-4-12(10-23)16-21-22-17(26-16)15(24)20-14-7-5-13(19)6-8-14/h5-8,11-12H,3-4,9-10H2,1-2H3,(H,20,24)/t12-/m1/s1. The van der Waals surface area contributed by atoms with Crippen LogP contribution in [0.5, 0.6) is 0 Å². The Morgan fingerprint density at radius 3 is 2.69 bits per heavy atom. The lowest BCUT2D eigenvalue weighted by Crippen LogP contribution is -2.41. The molecule has 1 aliphatic rings. The molecule has 1 N–H and O–H groups in total. The second kappa shape index (κ2) is 7.90. The fraction of sp³-hybridized carbons (Fsp3) is 0.444. The van der Waals surface area contributed by atoms with E-state index in [0.29, 0.717) is 12.2 Å². The van der Waals surface area contributed by atoms with Gasteiger partial charge in [0.2, 0.25) is 10.9 Å². The maximum Gasteiger partial charge on any atom is 0.286 e. The van der Waals surface area contributed by atoms with Gasteiger partial charge in [0, 0.05) is 30.6 Å². The summed E-state index contributed by atoms with van der Waals surface area (Å²) in [5.41, 5.74) is 0.500. The monoisotopic (exact) mass is 376 g/mol. The van der Waals surface area contributed by atoms with Crippen LogP contribution in [-0.2, 0) is 4.79 Å². The van der Waals surface area contributed by atoms with Gasteiger partial charge in [-0.25, -0.2) is 4.39 Å². The number of nitrogens with zero attached hydrogens (tertiary/aromatic N) is 3. The third-order valence-electron chi connectivity index (χ3n) is 4.31. The molecule has 138 valence electrons. The maximum absolute atomic E-state index is 12.9. The average Bonchev–Trinajstić information content (AvgIpc) is 3.13. The summed E-state index contributed by atoms with van der Waals surface area (Å²) in [4.78, 5) is 26.4. The first-order chi connectivity index (χ1) is 12.4. The summed E-state index contributed by atoms with van der Waals surface area (Å²) in [7, 11) is 0. The van der Waals surface area contributed by atoms with Gasteiger partial charge in [0.15, 0.2) is 0 Å². The van der Waals surface area contributed by atoms with Gasteiger partial charge in [0.1, 0.15) is 10.8 Å². The Hall–Kier alpha value is -2.35. The van der Waals surface area contributed by atoms with E-state index < -0.39 is 0 Å². The second-order valence-corrected chi connectivity index (χ2v) is 7.69. The molecule has 1 atom stereocenters. The van der Waals surface area contributed by atoms with Gasteiger partial charge in [-0.3, -0.25) is 9.59 Å². The van der Waals surface area contributed by atoms with Gasteiger partial charge >= 0.3 is 0 Å². The highest BCUT2D eigenvalue weighted by Gasteiger charge is 2.28. The minimum Gasteiger partial charge on any atom is -0.342 e. The third-order valence-corrected chi connectivity index (χ3v) is 5.40. The minimum atomic E-state index is -0.369. The van der Waals surface area contributed by atoms with E-state index in [1.54, 1.807) is 0 Å². The van der Waals surface area contributed by atoms with Crippen molar-refractivity contribution >= 4 is 28.8 Å². The van der Waals surface area contributed by atoms with Crippen molar-refractivity contribution in [2.45, 2.75) is 32.6 Å². The Kier molecular flexibility index (Phi) is 5.61. The molecule has 1 aromatic carbocycles. The van der Waals surface area contributed by atoms with Crippen LogP contribution >= 0.6 is 11.3 Å². The molecule has 1 saturated heterocycles. The Morgan fingerprint density at radius 2 is 2.00 bits per heavy atom. The zero-order valence-corrected chi connectivity index (χ0v) is 15.6. The van der Waals surface area contributed by atoms with Crippen LogP contribution in [0.1, 0.15) is 47.4 Å². The minimum absolute atomic E-state index is 0.0276. The molecule has 0 unspecified atom stereocenters. The Balaban J connectivity index is 1.66. The first-order valence-electron chi connectivity index (χ1n) is 8.63. The second-order valence-electron chi connectivity index (χ2n) is 6.68. The molecule has 1 aliphatic heterocycles. The van der Waals surface area contributed by atoms with Gasteiger partial charge < -0.3 is 10.2 Å². The number of piperidine rings is 1. The number of hydrogen-bond donors (Lipinski definition) is 1. The van der Waals surface area contributed by atoms with E-state index in [-0.39, 0.29) is 34.5 Å². The number of benzene rings is 1. The number of amides is 2. The molecule has 0 aliphatic carbocycles. The summed E-state index contributed by atoms with van der Waals surface area (Å²) < 4.78 is 12.9. The lowest BCUT2D eigenvalue weighted by atomic mass is 9.97. The molecule has 0 saturated carbocycles. The molecule has 0 bridgehead atoms. The highest BCUT2D eigenvalue weighted by Crippen LogP contribution is 2.30. The van der Waals surface area contributed by atoms with Crippen LogP contribution in [0.3, 0.4) is 0 Å². The summed E-state index contributed by atoms with van der Waals surface area (Å²) in [6.45, 7) is 5.18. The topological polar surface area (TPSA) is 75.2 Å². The van der Waals surface area contributed by atoms with Crippen molar-refractivity contribution in [1.82, 2.24) is 15.1 Å². The average molecular weight is 376 g/mol. The lowest BCUT2D eigenvalue weighted by Gasteiger charge is -2.32. The maximum atomic E-state index is 12.9. The molecule has 2 heterocycles. The van der Waals surface area contributed by atoms with Crippen LogP contribution in [-0.4, -0.2) is 40.0 Å². The van der Waals surface area contributed by atoms with E-state index in [9.17, 15) is 14.0 Å². The quantitative estimate of drug-likeness (QED) is 0.888. The van der Waals surface area contributed by atoms with E-state index in [0.717, 1.165) is 24.4 Å². The number of carbonyl (C=O) groups is 2. The van der Waals surface area contributed by atoms with Crippen LogP contribution in [0.25, 0.3) is 0 Å². The zero-order chi connectivity index (χ0) is 18.7. The molecular weight excluding hydrogens is 355 g/mol. The predicted octanol–water partition coefficient (Wildman–Crippen LogP) is 3.29. The van der Waals surface area contributed by atoms with E-state index in [4.69, 9.17) is 0 Å². The largest absolute Gasteiger partial charge is 0.342 e. The SMILES string of the molecule is CC(C)C(=O)N1CCC[C@@H](c2nnc(C(=O)Nc3ccc(F)cc3)s2)C1. The normalized spacial score (nSPS) is 17.4. The summed E-state index contributed by atoms with van der Waals surface area (Å²) in [6, 6.07) is 5.55. The van der Waals surface area contributed by atoms with Gasteiger partial charge in [0.25, 0.3) is 5.91 Å². The van der Waals surface area contributed by atoms with Crippen molar-refractivity contribution in [1.29, 1.82) is 0 Å². The number of anilines is 1. The first kappa shape index (κ1) is 18.4. The van der Waals surface area contributed by atoms with E-state index >= 15 is 0 Å². The van der Waals surface area contributed by atoms with E-state index in [2.05, 4.69) is 15.5 Å². The molecule has 2 aromatic rings. The zero-order valence-electron chi connectivity index (χ0n) is 14.7. The van der Waals surface area contributed by atoms with Crippen molar-refractivity contribution < 1.29 is 14.0 Å². The number of likely N-dealkylation sites (tertiary alicyclic amines) is 1. The van der Waals surface area contributed by atoms with Crippen molar-refractivity contribution in [3.8, 4) is 0 Å². The van der Waals surface area contributed by atoms with Gasteiger partial charge in [-0.1, -0.05) is 25.2 Å². The van der Waals surface area contributed by atoms with Gasteiger partial charge in [-0.2, -0.15) is 0 Å². The number of nitrogens with one attached hydrogen (secondary N) is 1. The third kappa shape index (κ3) is 4.24. The molecule has 0 radical (unpaired) electrons. The van der Waals surface area contributed by atoms with Crippen molar-refractivity contribution in [2.24, 2.45) is 5.92 Å². The Bertz CT molecular complexity index is 791. The van der Waals surface area contributed by atoms with Gasteiger partial charge in [-0.05, 0) is 37.1 Å². The summed E-state index contributed by atoms with van der Waals surface area (Å²) in [6.07, 6.45) is 1.84. The molecule has 1 aromatic heterocycles.